The van der Waals surface area contributed by atoms with Gasteiger partial charge in [0.05, 0.1) is 6.61 Å². The van der Waals surface area contributed by atoms with Crippen LogP contribution in [-0.4, -0.2) is 19.3 Å². The van der Waals surface area contributed by atoms with Gasteiger partial charge in [-0.05, 0) is 31.1 Å². The first-order valence-electron chi connectivity index (χ1n) is 5.09. The fraction of sp³-hybridized carbons (Fsp3) is 1.00. The average Bonchev–Trinajstić information content (AvgIpc) is 2.86. The van der Waals surface area contributed by atoms with E-state index in [2.05, 4.69) is 13.8 Å². The molecule has 0 aromatic carbocycles. The van der Waals surface area contributed by atoms with Crippen molar-refractivity contribution in [1.29, 1.82) is 0 Å². The summed E-state index contributed by atoms with van der Waals surface area (Å²) in [7, 11) is 0. The molecule has 1 aliphatic carbocycles. The Morgan fingerprint density at radius 3 is 2.67 bits per heavy atom. The molecule has 0 bridgehead atoms. The van der Waals surface area contributed by atoms with Gasteiger partial charge in [0.15, 0.2) is 0 Å². The first kappa shape index (κ1) is 10.0. The second-order valence-corrected chi connectivity index (χ2v) is 3.94. The maximum absolute atomic E-state index is 5.97. The van der Waals surface area contributed by atoms with Gasteiger partial charge in [0.2, 0.25) is 0 Å². The topological polar surface area (TPSA) is 35.2 Å². The zero-order chi connectivity index (χ0) is 8.97. The third-order valence-corrected chi connectivity index (χ3v) is 2.70. The molecular weight excluding hydrogens is 150 g/mol. The van der Waals surface area contributed by atoms with Crippen molar-refractivity contribution in [1.82, 2.24) is 0 Å². The molecule has 72 valence electrons. The van der Waals surface area contributed by atoms with Gasteiger partial charge in [-0.25, -0.2) is 0 Å². The lowest BCUT2D eigenvalue weighted by atomic mass is 9.98. The highest BCUT2D eigenvalue weighted by Crippen LogP contribution is 2.37. The zero-order valence-corrected chi connectivity index (χ0v) is 8.25. The van der Waals surface area contributed by atoms with Crippen LogP contribution in [0.3, 0.4) is 0 Å². The monoisotopic (exact) mass is 171 g/mol. The molecule has 2 N–H and O–H groups in total. The van der Waals surface area contributed by atoms with Crippen molar-refractivity contribution in [3.05, 3.63) is 0 Å². The van der Waals surface area contributed by atoms with Crippen molar-refractivity contribution in [2.45, 2.75) is 39.2 Å². The van der Waals surface area contributed by atoms with E-state index in [4.69, 9.17) is 10.5 Å². The first-order valence-corrected chi connectivity index (χ1v) is 5.09. The molecule has 1 fully saturated rings. The summed E-state index contributed by atoms with van der Waals surface area (Å²) in [5.74, 6) is 1.55. The Bertz CT molecular complexity index is 123. The van der Waals surface area contributed by atoms with Crippen LogP contribution in [0.5, 0.6) is 0 Å². The lowest BCUT2D eigenvalue weighted by molar-refractivity contribution is 0.105. The van der Waals surface area contributed by atoms with Crippen LogP contribution in [0.1, 0.15) is 33.1 Å². The van der Waals surface area contributed by atoms with E-state index in [1.165, 1.54) is 12.8 Å². The number of hydrogen-bond acceptors (Lipinski definition) is 2. The van der Waals surface area contributed by atoms with Crippen molar-refractivity contribution < 1.29 is 4.74 Å². The normalized spacial score (nSPS) is 22.2. The molecule has 0 heterocycles. The van der Waals surface area contributed by atoms with Gasteiger partial charge in [0.1, 0.15) is 0 Å². The molecule has 0 aromatic rings. The molecule has 2 unspecified atom stereocenters. The number of nitrogens with two attached hydrogens (primary N) is 1. The summed E-state index contributed by atoms with van der Waals surface area (Å²) in [5.41, 5.74) is 5.97. The third kappa shape index (κ3) is 3.11. The van der Waals surface area contributed by atoms with Gasteiger partial charge in [-0.15, -0.1) is 0 Å². The Morgan fingerprint density at radius 1 is 1.50 bits per heavy atom. The van der Waals surface area contributed by atoms with Crippen LogP contribution in [0.15, 0.2) is 0 Å². The quantitative estimate of drug-likeness (QED) is 0.618. The summed E-state index contributed by atoms with van der Waals surface area (Å²) in [5, 5.41) is 0. The van der Waals surface area contributed by atoms with E-state index < -0.39 is 0 Å². The molecule has 0 spiro atoms. The van der Waals surface area contributed by atoms with Gasteiger partial charge >= 0.3 is 0 Å². The van der Waals surface area contributed by atoms with Gasteiger partial charge in [-0.1, -0.05) is 13.8 Å². The predicted octanol–water partition coefficient (Wildman–Crippen LogP) is 1.79. The van der Waals surface area contributed by atoms with E-state index in [0.29, 0.717) is 5.92 Å². The summed E-state index contributed by atoms with van der Waals surface area (Å²) in [6.45, 7) is 5.96. The summed E-state index contributed by atoms with van der Waals surface area (Å²) < 4.78 is 5.42. The van der Waals surface area contributed by atoms with E-state index >= 15 is 0 Å². The molecule has 0 saturated heterocycles. The SMILES string of the molecule is CCCOCC(N)C(C)C1CC1. The van der Waals surface area contributed by atoms with Crippen LogP contribution in [0, 0.1) is 11.8 Å². The van der Waals surface area contributed by atoms with E-state index in [1.54, 1.807) is 0 Å². The van der Waals surface area contributed by atoms with Gasteiger partial charge in [0.25, 0.3) is 0 Å². The molecule has 1 rings (SSSR count). The van der Waals surface area contributed by atoms with E-state index in [9.17, 15) is 0 Å². The molecule has 2 heteroatoms. The summed E-state index contributed by atoms with van der Waals surface area (Å²) in [6, 6.07) is 0.254. The lowest BCUT2D eigenvalue weighted by Crippen LogP contribution is -2.34. The molecule has 0 radical (unpaired) electrons. The maximum Gasteiger partial charge on any atom is 0.0620 e. The number of hydrogen-bond donors (Lipinski definition) is 1. The van der Waals surface area contributed by atoms with Gasteiger partial charge < -0.3 is 10.5 Å². The van der Waals surface area contributed by atoms with Crippen LogP contribution in [0.2, 0.25) is 0 Å². The number of rotatable bonds is 6. The van der Waals surface area contributed by atoms with E-state index in [-0.39, 0.29) is 6.04 Å². The largest absolute Gasteiger partial charge is 0.380 e. The molecule has 0 aliphatic heterocycles. The Kier molecular flexibility index (Phi) is 4.02. The highest BCUT2D eigenvalue weighted by Gasteiger charge is 2.31. The number of ether oxygens (including phenoxy) is 1. The van der Waals surface area contributed by atoms with Gasteiger partial charge in [-0.3, -0.25) is 0 Å². The van der Waals surface area contributed by atoms with E-state index in [1.807, 2.05) is 0 Å². The molecule has 2 atom stereocenters. The van der Waals surface area contributed by atoms with Crippen LogP contribution in [0.4, 0.5) is 0 Å². The molecular formula is C10H21NO. The van der Waals surface area contributed by atoms with E-state index in [0.717, 1.165) is 25.6 Å². The standard InChI is InChI=1S/C10H21NO/c1-3-6-12-7-10(11)8(2)9-4-5-9/h8-10H,3-7,11H2,1-2H3. The summed E-state index contributed by atoms with van der Waals surface area (Å²) in [6.07, 6.45) is 3.84. The Morgan fingerprint density at radius 2 is 2.17 bits per heavy atom. The maximum atomic E-state index is 5.97. The summed E-state index contributed by atoms with van der Waals surface area (Å²) >= 11 is 0. The Hall–Kier alpha value is -0.0800. The fourth-order valence-electron chi connectivity index (χ4n) is 1.49. The van der Waals surface area contributed by atoms with Crippen molar-refractivity contribution in [2.75, 3.05) is 13.2 Å². The minimum absolute atomic E-state index is 0.254. The van der Waals surface area contributed by atoms with Crippen LogP contribution >= 0.6 is 0 Å². The van der Waals surface area contributed by atoms with Crippen LogP contribution in [0.25, 0.3) is 0 Å². The second kappa shape index (κ2) is 4.83. The lowest BCUT2D eigenvalue weighted by Gasteiger charge is -2.18. The molecule has 1 aliphatic rings. The minimum atomic E-state index is 0.254. The molecule has 1 saturated carbocycles. The third-order valence-electron chi connectivity index (χ3n) is 2.70. The van der Waals surface area contributed by atoms with Crippen molar-refractivity contribution in [2.24, 2.45) is 17.6 Å². The first-order chi connectivity index (χ1) is 5.75. The molecule has 0 aromatic heterocycles. The Balaban J connectivity index is 2.04. The highest BCUT2D eigenvalue weighted by molar-refractivity contribution is 4.84. The second-order valence-electron chi connectivity index (χ2n) is 3.94. The minimum Gasteiger partial charge on any atom is -0.380 e. The van der Waals surface area contributed by atoms with Crippen LogP contribution in [-0.2, 0) is 4.74 Å². The highest BCUT2D eigenvalue weighted by atomic mass is 16.5. The molecule has 0 amide bonds. The zero-order valence-electron chi connectivity index (χ0n) is 8.25. The fourth-order valence-corrected chi connectivity index (χ4v) is 1.49. The van der Waals surface area contributed by atoms with Crippen molar-refractivity contribution in [3.63, 3.8) is 0 Å². The average molecular weight is 171 g/mol. The molecule has 12 heavy (non-hydrogen) atoms. The van der Waals surface area contributed by atoms with Crippen LogP contribution < -0.4 is 5.73 Å². The van der Waals surface area contributed by atoms with Gasteiger partial charge in [0, 0.05) is 12.6 Å². The predicted molar refractivity (Wildman–Crippen MR) is 51.0 cm³/mol. The van der Waals surface area contributed by atoms with Gasteiger partial charge in [-0.2, -0.15) is 0 Å². The van der Waals surface area contributed by atoms with Crippen molar-refractivity contribution >= 4 is 0 Å². The summed E-state index contributed by atoms with van der Waals surface area (Å²) in [4.78, 5) is 0. The smallest absolute Gasteiger partial charge is 0.0620 e. The molecule has 2 nitrogen and oxygen atoms in total. The van der Waals surface area contributed by atoms with Crippen molar-refractivity contribution in [3.8, 4) is 0 Å². The Labute approximate surface area is 75.5 Å².